The minimum Gasteiger partial charge on any atom is -0.389 e. The van der Waals surface area contributed by atoms with Gasteiger partial charge in [-0.1, -0.05) is 24.4 Å². The average Bonchev–Trinajstić information content (AvgIpc) is 2.23. The summed E-state index contributed by atoms with van der Waals surface area (Å²) in [5.74, 6) is 0. The zero-order valence-electron chi connectivity index (χ0n) is 9.05. The van der Waals surface area contributed by atoms with E-state index >= 15 is 0 Å². The highest BCUT2D eigenvalue weighted by Gasteiger charge is 2.25. The fraction of sp³-hybridized carbons (Fsp3) is 0.364. The van der Waals surface area contributed by atoms with Crippen molar-refractivity contribution < 1.29 is 13.2 Å². The first-order valence-corrected chi connectivity index (χ1v) is 5.50. The molecule has 0 aliphatic rings. The van der Waals surface area contributed by atoms with Crippen LogP contribution in [-0.2, 0) is 0 Å². The van der Waals surface area contributed by atoms with Crippen LogP contribution in [-0.4, -0.2) is 17.7 Å². The molecule has 0 aliphatic heterocycles. The van der Waals surface area contributed by atoms with Gasteiger partial charge in [0.1, 0.15) is 4.99 Å². The van der Waals surface area contributed by atoms with E-state index < -0.39 is 12.6 Å². The lowest BCUT2D eigenvalue weighted by atomic mass is 10.1. The van der Waals surface area contributed by atoms with Crippen molar-refractivity contribution >= 4 is 22.9 Å². The predicted molar refractivity (Wildman–Crippen MR) is 66.1 cm³/mol. The van der Waals surface area contributed by atoms with Gasteiger partial charge in [-0.15, -0.1) is 0 Å². The van der Waals surface area contributed by atoms with Crippen LogP contribution in [0.1, 0.15) is 18.4 Å². The molecule has 1 aromatic carbocycles. The van der Waals surface area contributed by atoms with Crippen LogP contribution in [0.3, 0.4) is 0 Å². The highest BCUT2D eigenvalue weighted by atomic mass is 32.1. The van der Waals surface area contributed by atoms with E-state index in [9.17, 15) is 13.2 Å². The third-order valence-corrected chi connectivity index (χ3v) is 2.36. The Morgan fingerprint density at radius 1 is 1.29 bits per heavy atom. The highest BCUT2D eigenvalue weighted by molar-refractivity contribution is 7.80. The molecule has 2 nitrogen and oxygen atoms in total. The molecule has 0 saturated carbocycles. The Morgan fingerprint density at radius 2 is 1.94 bits per heavy atom. The van der Waals surface area contributed by atoms with E-state index in [0.717, 1.165) is 0 Å². The number of nitrogens with one attached hydrogen (secondary N) is 1. The second kappa shape index (κ2) is 5.86. The molecule has 1 rings (SSSR count). The largest absolute Gasteiger partial charge is 0.389 e. The SMILES string of the molecule is NC(=S)c1ccccc1NCCCC(F)(F)F. The van der Waals surface area contributed by atoms with Gasteiger partial charge < -0.3 is 11.1 Å². The standard InChI is InChI=1S/C11H13F3N2S/c12-11(13,14)6-3-7-16-9-5-2-1-4-8(9)10(15)17/h1-2,4-5,16H,3,6-7H2,(H2,15,17). The number of benzene rings is 1. The Hall–Kier alpha value is -1.30. The summed E-state index contributed by atoms with van der Waals surface area (Å²) in [6, 6.07) is 7.01. The number of hydrogen-bond donors (Lipinski definition) is 2. The minimum absolute atomic E-state index is 0.0230. The molecule has 0 unspecified atom stereocenters. The zero-order valence-corrected chi connectivity index (χ0v) is 9.87. The lowest BCUT2D eigenvalue weighted by Gasteiger charge is -2.11. The van der Waals surface area contributed by atoms with Crippen LogP contribution in [0.5, 0.6) is 0 Å². The Balaban J connectivity index is 2.49. The van der Waals surface area contributed by atoms with Crippen LogP contribution < -0.4 is 11.1 Å². The molecule has 0 bridgehead atoms. The molecule has 0 aliphatic carbocycles. The number of halogens is 3. The molecule has 0 amide bonds. The van der Waals surface area contributed by atoms with Gasteiger partial charge in [-0.25, -0.2) is 0 Å². The van der Waals surface area contributed by atoms with Crippen molar-refractivity contribution in [3.05, 3.63) is 29.8 Å². The van der Waals surface area contributed by atoms with Gasteiger partial charge in [0.15, 0.2) is 0 Å². The number of para-hydroxylation sites is 1. The molecule has 0 fully saturated rings. The first-order valence-electron chi connectivity index (χ1n) is 5.09. The quantitative estimate of drug-likeness (QED) is 0.632. The Bertz CT molecular complexity index is 391. The zero-order chi connectivity index (χ0) is 12.9. The van der Waals surface area contributed by atoms with E-state index in [1.807, 2.05) is 0 Å². The second-order valence-corrected chi connectivity index (χ2v) is 4.00. The molecule has 0 radical (unpaired) electrons. The summed E-state index contributed by atoms with van der Waals surface area (Å²) in [6.45, 7) is 0.235. The molecule has 0 aromatic heterocycles. The maximum atomic E-state index is 11.9. The fourth-order valence-electron chi connectivity index (χ4n) is 1.36. The monoisotopic (exact) mass is 262 g/mol. The minimum atomic E-state index is -4.11. The second-order valence-electron chi connectivity index (χ2n) is 3.56. The molecule has 0 heterocycles. The van der Waals surface area contributed by atoms with Gasteiger partial charge in [-0.3, -0.25) is 0 Å². The fourth-order valence-corrected chi connectivity index (χ4v) is 1.54. The van der Waals surface area contributed by atoms with E-state index in [4.69, 9.17) is 18.0 Å². The predicted octanol–water partition coefficient (Wildman–Crippen LogP) is 3.08. The van der Waals surface area contributed by atoms with Crippen LogP contribution in [0.15, 0.2) is 24.3 Å². The van der Waals surface area contributed by atoms with Crippen molar-refractivity contribution in [2.45, 2.75) is 19.0 Å². The first kappa shape index (κ1) is 13.8. The highest BCUT2D eigenvalue weighted by Crippen LogP contribution is 2.21. The summed E-state index contributed by atoms with van der Waals surface area (Å²) in [5, 5.41) is 2.90. The van der Waals surface area contributed by atoms with Gasteiger partial charge in [0, 0.05) is 24.2 Å². The van der Waals surface area contributed by atoms with Gasteiger partial charge in [-0.2, -0.15) is 13.2 Å². The van der Waals surface area contributed by atoms with Crippen molar-refractivity contribution in [2.24, 2.45) is 5.73 Å². The number of anilines is 1. The Kier molecular flexibility index (Phi) is 4.74. The Morgan fingerprint density at radius 3 is 2.53 bits per heavy atom. The smallest absolute Gasteiger partial charge is 0.389 e. The van der Waals surface area contributed by atoms with Gasteiger partial charge in [0.2, 0.25) is 0 Å². The maximum Gasteiger partial charge on any atom is 0.389 e. The van der Waals surface area contributed by atoms with Gasteiger partial charge in [0.05, 0.1) is 0 Å². The summed E-state index contributed by atoms with van der Waals surface area (Å²) in [6.07, 6.45) is -4.88. The van der Waals surface area contributed by atoms with Gasteiger partial charge >= 0.3 is 6.18 Å². The van der Waals surface area contributed by atoms with Crippen LogP contribution in [0.2, 0.25) is 0 Å². The molecule has 6 heteroatoms. The van der Waals surface area contributed by atoms with E-state index in [2.05, 4.69) is 5.32 Å². The number of nitrogens with two attached hydrogens (primary N) is 1. The average molecular weight is 262 g/mol. The molecular formula is C11H13F3N2S. The first-order chi connectivity index (χ1) is 7.90. The maximum absolute atomic E-state index is 11.9. The van der Waals surface area contributed by atoms with E-state index in [-0.39, 0.29) is 18.0 Å². The van der Waals surface area contributed by atoms with Crippen molar-refractivity contribution in [3.8, 4) is 0 Å². The van der Waals surface area contributed by atoms with E-state index in [1.54, 1.807) is 24.3 Å². The summed E-state index contributed by atoms with van der Waals surface area (Å²) in [5.41, 5.74) is 6.82. The van der Waals surface area contributed by atoms with Gasteiger partial charge in [-0.05, 0) is 18.6 Å². The molecule has 3 N–H and O–H groups in total. The van der Waals surface area contributed by atoms with Crippen LogP contribution in [0, 0.1) is 0 Å². The molecule has 0 saturated heterocycles. The Labute approximate surface area is 103 Å². The molecular weight excluding hydrogens is 249 g/mol. The number of hydrogen-bond acceptors (Lipinski definition) is 2. The van der Waals surface area contributed by atoms with Crippen molar-refractivity contribution in [2.75, 3.05) is 11.9 Å². The number of thiocarbonyl (C=S) groups is 1. The summed E-state index contributed by atoms with van der Waals surface area (Å²) < 4.78 is 35.8. The molecule has 17 heavy (non-hydrogen) atoms. The topological polar surface area (TPSA) is 38.0 Å². The molecule has 1 aromatic rings. The van der Waals surface area contributed by atoms with Crippen LogP contribution in [0.4, 0.5) is 18.9 Å². The summed E-state index contributed by atoms with van der Waals surface area (Å²) >= 11 is 4.85. The van der Waals surface area contributed by atoms with Crippen molar-refractivity contribution in [1.29, 1.82) is 0 Å². The number of rotatable bonds is 5. The third-order valence-electron chi connectivity index (χ3n) is 2.15. The molecule has 94 valence electrons. The van der Waals surface area contributed by atoms with E-state index in [0.29, 0.717) is 11.3 Å². The van der Waals surface area contributed by atoms with E-state index in [1.165, 1.54) is 0 Å². The lowest BCUT2D eigenvalue weighted by Crippen LogP contribution is -2.15. The number of alkyl halides is 3. The molecule has 0 spiro atoms. The van der Waals surface area contributed by atoms with Gasteiger partial charge in [0.25, 0.3) is 0 Å². The summed E-state index contributed by atoms with van der Waals surface area (Å²) in [7, 11) is 0. The normalized spacial score (nSPS) is 11.2. The van der Waals surface area contributed by atoms with Crippen molar-refractivity contribution in [1.82, 2.24) is 0 Å². The van der Waals surface area contributed by atoms with Crippen LogP contribution >= 0.6 is 12.2 Å². The summed E-state index contributed by atoms with van der Waals surface area (Å²) in [4.78, 5) is 0.226. The lowest BCUT2D eigenvalue weighted by molar-refractivity contribution is -0.134. The third kappa shape index (κ3) is 5.04. The molecule has 0 atom stereocenters. The van der Waals surface area contributed by atoms with Crippen LogP contribution in [0.25, 0.3) is 0 Å². The van der Waals surface area contributed by atoms with Crippen molar-refractivity contribution in [3.63, 3.8) is 0 Å².